The van der Waals surface area contributed by atoms with Crippen molar-refractivity contribution in [3.63, 3.8) is 0 Å². The third-order valence-electron chi connectivity index (χ3n) is 9.04. The molecule has 0 atom stereocenters. The van der Waals surface area contributed by atoms with Crippen LogP contribution >= 0.6 is 11.3 Å². The molecule has 0 fully saturated rings. The quantitative estimate of drug-likeness (QED) is 0.210. The van der Waals surface area contributed by atoms with Crippen molar-refractivity contribution in [2.75, 3.05) is 16.8 Å². The molecule has 1 N–H and O–H groups in total. The number of thiophene rings is 1. The number of anilines is 4. The molecule has 1 aromatic heterocycles. The van der Waals surface area contributed by atoms with Crippen molar-refractivity contribution in [1.82, 2.24) is 0 Å². The molecule has 0 unspecified atom stereocenters. The first-order valence-corrected chi connectivity index (χ1v) is 16.5. The standard InChI is InChI=1S/C43H30N2S/c1-3-8-33-26-35(13-11-29(33)6-1)31-15-19-37(20-16-31)45(39-23-24-41-40(28-39)43-42(46-41)10-5-25-44-43)38-21-17-32(18-22-38)36-14-12-30-7-2-4-9-34(30)27-36/h1-24,26-28,44H,25H2. The lowest BCUT2D eigenvalue weighted by Gasteiger charge is -2.26. The molecule has 0 bridgehead atoms. The van der Waals surface area contributed by atoms with Gasteiger partial charge in [-0.3, -0.25) is 0 Å². The Labute approximate surface area is 272 Å². The summed E-state index contributed by atoms with van der Waals surface area (Å²) in [6.07, 6.45) is 4.43. The third kappa shape index (κ3) is 4.73. The molecule has 0 spiro atoms. The smallest absolute Gasteiger partial charge is 0.0606 e. The Morgan fingerprint density at radius 1 is 0.478 bits per heavy atom. The number of benzene rings is 7. The minimum Gasteiger partial charge on any atom is -0.380 e. The number of rotatable bonds is 5. The zero-order valence-electron chi connectivity index (χ0n) is 25.2. The monoisotopic (exact) mass is 606 g/mol. The Balaban J connectivity index is 1.13. The van der Waals surface area contributed by atoms with Crippen LogP contribution in [0.25, 0.3) is 60.0 Å². The van der Waals surface area contributed by atoms with E-state index < -0.39 is 0 Å². The van der Waals surface area contributed by atoms with Gasteiger partial charge >= 0.3 is 0 Å². The van der Waals surface area contributed by atoms with Crippen molar-refractivity contribution in [3.05, 3.63) is 163 Å². The number of nitrogens with zero attached hydrogens (tertiary/aromatic N) is 1. The molecule has 0 amide bonds. The fourth-order valence-corrected chi connectivity index (χ4v) is 7.75. The van der Waals surface area contributed by atoms with Crippen molar-refractivity contribution in [3.8, 4) is 22.3 Å². The minimum absolute atomic E-state index is 0.860. The van der Waals surface area contributed by atoms with Crippen LogP contribution in [0.4, 0.5) is 22.7 Å². The second kappa shape index (κ2) is 11.1. The fourth-order valence-electron chi connectivity index (χ4n) is 6.66. The SMILES string of the molecule is C1=Cc2sc3ccc(N(c4ccc(-c5ccc6ccccc6c5)cc4)c4ccc(-c5ccc6ccccc6c5)cc4)cc3c2NC1. The van der Waals surface area contributed by atoms with E-state index in [-0.39, 0.29) is 0 Å². The van der Waals surface area contributed by atoms with E-state index in [1.54, 1.807) is 0 Å². The Bertz CT molecular complexity index is 2290. The van der Waals surface area contributed by atoms with Crippen LogP contribution in [0.2, 0.25) is 0 Å². The fraction of sp³-hybridized carbons (Fsp3) is 0.0233. The van der Waals surface area contributed by atoms with Gasteiger partial charge < -0.3 is 10.2 Å². The first kappa shape index (κ1) is 26.7. The van der Waals surface area contributed by atoms with Crippen LogP contribution in [-0.4, -0.2) is 6.54 Å². The van der Waals surface area contributed by atoms with Crippen molar-refractivity contribution < 1.29 is 0 Å². The second-order valence-corrected chi connectivity index (χ2v) is 12.9. The van der Waals surface area contributed by atoms with Gasteiger partial charge in [0.2, 0.25) is 0 Å². The predicted octanol–water partition coefficient (Wildman–Crippen LogP) is 12.5. The number of hydrogen-bond acceptors (Lipinski definition) is 3. The molecule has 0 aliphatic carbocycles. The van der Waals surface area contributed by atoms with Gasteiger partial charge in [0.15, 0.2) is 0 Å². The van der Waals surface area contributed by atoms with Gasteiger partial charge in [0.1, 0.15) is 0 Å². The Hall–Kier alpha value is -5.64. The van der Waals surface area contributed by atoms with E-state index >= 15 is 0 Å². The van der Waals surface area contributed by atoms with E-state index in [4.69, 9.17) is 0 Å². The van der Waals surface area contributed by atoms with Crippen LogP contribution < -0.4 is 10.2 Å². The summed E-state index contributed by atoms with van der Waals surface area (Å²) in [5.74, 6) is 0. The maximum Gasteiger partial charge on any atom is 0.0606 e. The van der Waals surface area contributed by atoms with Crippen LogP contribution in [0.5, 0.6) is 0 Å². The molecule has 2 heterocycles. The number of fused-ring (bicyclic) bond motifs is 5. The Morgan fingerprint density at radius 3 is 1.59 bits per heavy atom. The van der Waals surface area contributed by atoms with E-state index in [9.17, 15) is 0 Å². The molecule has 0 saturated carbocycles. The van der Waals surface area contributed by atoms with Crippen LogP contribution in [0.1, 0.15) is 4.88 Å². The lowest BCUT2D eigenvalue weighted by molar-refractivity contribution is 1.29. The summed E-state index contributed by atoms with van der Waals surface area (Å²) in [5.41, 5.74) is 9.49. The number of hydrogen-bond donors (Lipinski definition) is 1. The van der Waals surface area contributed by atoms with Gasteiger partial charge in [-0.05, 0) is 104 Å². The molecule has 9 rings (SSSR count). The first-order valence-electron chi connectivity index (χ1n) is 15.7. The highest BCUT2D eigenvalue weighted by atomic mass is 32.1. The molecule has 0 saturated heterocycles. The van der Waals surface area contributed by atoms with Gasteiger partial charge in [-0.2, -0.15) is 0 Å². The van der Waals surface area contributed by atoms with Gasteiger partial charge in [0.05, 0.1) is 10.6 Å². The summed E-state index contributed by atoms with van der Waals surface area (Å²) in [7, 11) is 0. The van der Waals surface area contributed by atoms with Crippen molar-refractivity contribution in [1.29, 1.82) is 0 Å². The molecular weight excluding hydrogens is 577 g/mol. The van der Waals surface area contributed by atoms with Crippen LogP contribution in [0.15, 0.2) is 158 Å². The molecule has 8 aromatic rings. The predicted molar refractivity (Wildman–Crippen MR) is 200 cm³/mol. The van der Waals surface area contributed by atoms with Gasteiger partial charge in [-0.25, -0.2) is 0 Å². The highest BCUT2D eigenvalue weighted by molar-refractivity contribution is 7.20. The van der Waals surface area contributed by atoms with E-state index in [1.807, 2.05) is 11.3 Å². The molecule has 1 aliphatic heterocycles. The summed E-state index contributed by atoms with van der Waals surface area (Å²) in [4.78, 5) is 3.67. The van der Waals surface area contributed by atoms with Crippen molar-refractivity contribution >= 4 is 71.8 Å². The third-order valence-corrected chi connectivity index (χ3v) is 10.2. The van der Waals surface area contributed by atoms with Crippen molar-refractivity contribution in [2.45, 2.75) is 0 Å². The average molecular weight is 607 g/mol. The average Bonchev–Trinajstić information content (AvgIpc) is 3.50. The van der Waals surface area contributed by atoms with Gasteiger partial charge in [0.25, 0.3) is 0 Å². The van der Waals surface area contributed by atoms with Crippen LogP contribution in [-0.2, 0) is 0 Å². The van der Waals surface area contributed by atoms with Crippen LogP contribution in [0.3, 0.4) is 0 Å². The molecule has 1 aliphatic rings. The van der Waals surface area contributed by atoms with E-state index in [1.165, 1.54) is 64.4 Å². The Morgan fingerprint density at radius 2 is 1.00 bits per heavy atom. The second-order valence-electron chi connectivity index (χ2n) is 11.9. The maximum atomic E-state index is 3.61. The molecule has 7 aromatic carbocycles. The highest BCUT2D eigenvalue weighted by Gasteiger charge is 2.18. The zero-order valence-corrected chi connectivity index (χ0v) is 26.0. The zero-order chi connectivity index (χ0) is 30.5. The summed E-state index contributed by atoms with van der Waals surface area (Å²) in [5, 5.41) is 9.92. The summed E-state index contributed by atoms with van der Waals surface area (Å²) >= 11 is 1.84. The van der Waals surface area contributed by atoms with E-state index in [2.05, 4.69) is 174 Å². The van der Waals surface area contributed by atoms with Gasteiger partial charge in [-0.1, -0.05) is 103 Å². The minimum atomic E-state index is 0.860. The topological polar surface area (TPSA) is 15.3 Å². The molecule has 218 valence electrons. The lowest BCUT2D eigenvalue weighted by Crippen LogP contribution is -2.10. The molecule has 2 nitrogen and oxygen atoms in total. The van der Waals surface area contributed by atoms with Crippen LogP contribution in [0, 0.1) is 0 Å². The largest absolute Gasteiger partial charge is 0.380 e. The van der Waals surface area contributed by atoms with Gasteiger partial charge in [0, 0.05) is 33.7 Å². The summed E-state index contributed by atoms with van der Waals surface area (Å²) in [6, 6.07) is 55.3. The molecular formula is C43H30N2S. The maximum absolute atomic E-state index is 3.61. The normalized spacial score (nSPS) is 12.3. The Kier molecular flexibility index (Phi) is 6.43. The van der Waals surface area contributed by atoms with Gasteiger partial charge in [-0.15, -0.1) is 11.3 Å². The molecule has 3 heteroatoms. The molecule has 46 heavy (non-hydrogen) atoms. The lowest BCUT2D eigenvalue weighted by atomic mass is 10.00. The highest BCUT2D eigenvalue weighted by Crippen LogP contribution is 2.43. The first-order chi connectivity index (χ1) is 22.8. The van der Waals surface area contributed by atoms with Crippen molar-refractivity contribution in [2.24, 2.45) is 0 Å². The summed E-state index contributed by atoms with van der Waals surface area (Å²) < 4.78 is 1.30. The number of nitrogens with one attached hydrogen (secondary N) is 1. The summed E-state index contributed by atoms with van der Waals surface area (Å²) in [6.45, 7) is 0.860. The van der Waals surface area contributed by atoms with E-state index in [0.717, 1.165) is 23.6 Å². The van der Waals surface area contributed by atoms with E-state index in [0.29, 0.717) is 0 Å². The molecule has 0 radical (unpaired) electrons.